The zero-order valence-corrected chi connectivity index (χ0v) is 13.9. The van der Waals surface area contributed by atoms with Gasteiger partial charge in [-0.3, -0.25) is 9.59 Å². The molecule has 0 spiro atoms. The molecular formula is C18H22ClNO3. The van der Waals surface area contributed by atoms with Gasteiger partial charge in [0.1, 0.15) is 0 Å². The number of carbonyl (C=O) groups excluding carboxylic acids is 1. The lowest BCUT2D eigenvalue weighted by molar-refractivity contribution is -0.140. The van der Waals surface area contributed by atoms with Gasteiger partial charge in [-0.1, -0.05) is 29.8 Å². The van der Waals surface area contributed by atoms with E-state index in [1.54, 1.807) is 0 Å². The Morgan fingerprint density at radius 1 is 1.22 bits per heavy atom. The number of rotatable bonds is 5. The van der Waals surface area contributed by atoms with Gasteiger partial charge in [-0.15, -0.1) is 0 Å². The fourth-order valence-corrected chi connectivity index (χ4v) is 3.75. The summed E-state index contributed by atoms with van der Waals surface area (Å²) in [5.41, 5.74) is 0.769. The van der Waals surface area contributed by atoms with E-state index in [-0.39, 0.29) is 23.7 Å². The molecule has 1 amide bonds. The summed E-state index contributed by atoms with van der Waals surface area (Å²) in [6.45, 7) is 1.36. The van der Waals surface area contributed by atoms with Crippen LogP contribution >= 0.6 is 11.6 Å². The fourth-order valence-electron chi connectivity index (χ4n) is 3.55. The van der Waals surface area contributed by atoms with Crippen molar-refractivity contribution in [2.24, 2.45) is 11.3 Å². The summed E-state index contributed by atoms with van der Waals surface area (Å²) in [5.74, 6) is -0.311. The first-order valence-corrected chi connectivity index (χ1v) is 8.62. The van der Waals surface area contributed by atoms with E-state index in [9.17, 15) is 9.59 Å². The smallest absolute Gasteiger partial charge is 0.303 e. The molecule has 1 aromatic rings. The number of carboxylic acids is 1. The second-order valence-corrected chi connectivity index (χ2v) is 7.29. The molecule has 2 fully saturated rings. The average Bonchev–Trinajstić information content (AvgIpc) is 3.30. The number of nitrogens with zero attached hydrogens (tertiary/aromatic N) is 1. The van der Waals surface area contributed by atoms with Crippen LogP contribution < -0.4 is 0 Å². The fraction of sp³-hybridized carbons (Fsp3) is 0.556. The molecule has 1 aliphatic heterocycles. The van der Waals surface area contributed by atoms with Crippen molar-refractivity contribution >= 4 is 23.5 Å². The Hall–Kier alpha value is -1.55. The quantitative estimate of drug-likeness (QED) is 0.897. The molecule has 1 aliphatic carbocycles. The summed E-state index contributed by atoms with van der Waals surface area (Å²) in [6.07, 6.45) is 4.35. The number of amides is 1. The number of aliphatic carboxylic acids is 1. The molecule has 1 N–H and O–H groups in total. The van der Waals surface area contributed by atoms with Gasteiger partial charge in [0.25, 0.3) is 0 Å². The number of carboxylic acid groups (broad SMARTS) is 1. The molecule has 0 atom stereocenters. The van der Waals surface area contributed by atoms with Crippen LogP contribution in [0.4, 0.5) is 0 Å². The number of benzene rings is 1. The topological polar surface area (TPSA) is 57.6 Å². The molecule has 1 heterocycles. The highest BCUT2D eigenvalue weighted by molar-refractivity contribution is 6.31. The second kappa shape index (κ2) is 6.52. The highest BCUT2D eigenvalue weighted by atomic mass is 35.5. The average molecular weight is 336 g/mol. The lowest BCUT2D eigenvalue weighted by atomic mass is 9.90. The summed E-state index contributed by atoms with van der Waals surface area (Å²) in [7, 11) is 0. The maximum atomic E-state index is 12.9. The van der Waals surface area contributed by atoms with Crippen LogP contribution in [0, 0.1) is 11.3 Å². The van der Waals surface area contributed by atoms with Crippen molar-refractivity contribution in [1.29, 1.82) is 0 Å². The largest absolute Gasteiger partial charge is 0.481 e. The summed E-state index contributed by atoms with van der Waals surface area (Å²) < 4.78 is 0. The van der Waals surface area contributed by atoms with Crippen molar-refractivity contribution in [2.75, 3.05) is 13.1 Å². The Balaban J connectivity index is 1.60. The molecule has 1 aromatic carbocycles. The van der Waals surface area contributed by atoms with Gasteiger partial charge in [0.2, 0.25) is 5.91 Å². The maximum absolute atomic E-state index is 12.9. The minimum absolute atomic E-state index is 0.204. The lowest BCUT2D eigenvalue weighted by Crippen LogP contribution is -2.43. The number of hydrogen-bond acceptors (Lipinski definition) is 2. The van der Waals surface area contributed by atoms with Crippen LogP contribution in [-0.4, -0.2) is 35.0 Å². The van der Waals surface area contributed by atoms with E-state index in [0.717, 1.165) is 36.3 Å². The highest BCUT2D eigenvalue weighted by Gasteiger charge is 2.51. The Labute approximate surface area is 141 Å². The predicted molar refractivity (Wildman–Crippen MR) is 88.4 cm³/mol. The number of hydrogen-bond donors (Lipinski definition) is 1. The Morgan fingerprint density at radius 2 is 1.87 bits per heavy atom. The van der Waals surface area contributed by atoms with Crippen molar-refractivity contribution in [3.8, 4) is 0 Å². The first-order valence-electron chi connectivity index (χ1n) is 8.25. The molecule has 4 nitrogen and oxygen atoms in total. The molecule has 0 bridgehead atoms. The molecule has 0 radical (unpaired) electrons. The minimum atomic E-state index is -0.743. The van der Waals surface area contributed by atoms with Crippen LogP contribution in [0.3, 0.4) is 0 Å². The van der Waals surface area contributed by atoms with Gasteiger partial charge in [0.15, 0.2) is 0 Å². The standard InChI is InChI=1S/C18H22ClNO3/c19-15-4-2-1-3-14(15)12-18(7-8-18)17(23)20-9-5-13(6-10-20)11-16(21)22/h1-4,13H,5-12H2,(H,21,22). The summed E-state index contributed by atoms with van der Waals surface area (Å²) in [5, 5.41) is 9.61. The second-order valence-electron chi connectivity index (χ2n) is 6.88. The van der Waals surface area contributed by atoms with E-state index in [2.05, 4.69) is 0 Å². The summed E-state index contributed by atoms with van der Waals surface area (Å²) in [4.78, 5) is 25.6. The predicted octanol–water partition coefficient (Wildman–Crippen LogP) is 3.38. The summed E-state index contributed by atoms with van der Waals surface area (Å²) >= 11 is 6.24. The third-order valence-corrected chi connectivity index (χ3v) is 5.53. The first kappa shape index (κ1) is 16.3. The van der Waals surface area contributed by atoms with Gasteiger partial charge < -0.3 is 10.0 Å². The van der Waals surface area contributed by atoms with E-state index >= 15 is 0 Å². The van der Waals surface area contributed by atoms with Gasteiger partial charge >= 0.3 is 5.97 Å². The molecule has 0 unspecified atom stereocenters. The molecule has 1 saturated heterocycles. The van der Waals surface area contributed by atoms with Crippen LogP contribution in [0.15, 0.2) is 24.3 Å². The maximum Gasteiger partial charge on any atom is 0.303 e. The number of likely N-dealkylation sites (tertiary alicyclic amines) is 1. The van der Waals surface area contributed by atoms with E-state index in [1.165, 1.54) is 0 Å². The third-order valence-electron chi connectivity index (χ3n) is 5.16. The first-order chi connectivity index (χ1) is 11.0. The Kier molecular flexibility index (Phi) is 4.62. The van der Waals surface area contributed by atoms with Crippen molar-refractivity contribution in [3.63, 3.8) is 0 Å². The van der Waals surface area contributed by atoms with Crippen molar-refractivity contribution in [2.45, 2.75) is 38.5 Å². The van der Waals surface area contributed by atoms with Gasteiger partial charge in [-0.05, 0) is 49.7 Å². The molecule has 3 rings (SSSR count). The number of carbonyl (C=O) groups is 2. The van der Waals surface area contributed by atoms with Gasteiger partial charge in [-0.2, -0.15) is 0 Å². The van der Waals surface area contributed by atoms with E-state index in [0.29, 0.717) is 19.5 Å². The van der Waals surface area contributed by atoms with Crippen LogP contribution in [0.5, 0.6) is 0 Å². The van der Waals surface area contributed by atoms with Crippen LogP contribution in [-0.2, 0) is 16.0 Å². The Bertz CT molecular complexity index is 604. The van der Waals surface area contributed by atoms with Crippen LogP contribution in [0.25, 0.3) is 0 Å². The normalized spacial score (nSPS) is 20.3. The highest BCUT2D eigenvalue weighted by Crippen LogP contribution is 2.51. The SMILES string of the molecule is O=C(O)CC1CCN(C(=O)C2(Cc3ccccc3Cl)CC2)CC1. The number of halogens is 1. The third kappa shape index (κ3) is 3.69. The molecule has 5 heteroatoms. The van der Waals surface area contributed by atoms with Gasteiger partial charge in [0, 0.05) is 24.5 Å². The Morgan fingerprint density at radius 3 is 2.43 bits per heavy atom. The van der Waals surface area contributed by atoms with Crippen LogP contribution in [0.1, 0.15) is 37.7 Å². The van der Waals surface area contributed by atoms with Crippen molar-refractivity contribution < 1.29 is 14.7 Å². The monoisotopic (exact) mass is 335 g/mol. The molecule has 0 aromatic heterocycles. The molecule has 124 valence electrons. The van der Waals surface area contributed by atoms with Gasteiger partial charge in [-0.25, -0.2) is 0 Å². The van der Waals surface area contributed by atoms with E-state index in [4.69, 9.17) is 16.7 Å². The van der Waals surface area contributed by atoms with E-state index in [1.807, 2.05) is 29.2 Å². The molecular weight excluding hydrogens is 314 g/mol. The minimum Gasteiger partial charge on any atom is -0.481 e. The van der Waals surface area contributed by atoms with E-state index < -0.39 is 5.97 Å². The molecule has 2 aliphatic rings. The number of piperidine rings is 1. The lowest BCUT2D eigenvalue weighted by Gasteiger charge is -2.34. The summed E-state index contributed by atoms with van der Waals surface area (Å²) in [6, 6.07) is 7.73. The van der Waals surface area contributed by atoms with Crippen molar-refractivity contribution in [3.05, 3.63) is 34.9 Å². The van der Waals surface area contributed by atoms with Crippen LogP contribution in [0.2, 0.25) is 5.02 Å². The van der Waals surface area contributed by atoms with Gasteiger partial charge in [0.05, 0.1) is 5.41 Å². The molecule has 23 heavy (non-hydrogen) atoms. The van der Waals surface area contributed by atoms with Crippen molar-refractivity contribution in [1.82, 2.24) is 4.90 Å². The zero-order chi connectivity index (χ0) is 16.4. The molecule has 1 saturated carbocycles. The zero-order valence-electron chi connectivity index (χ0n) is 13.1.